The van der Waals surface area contributed by atoms with Gasteiger partial charge in [0.05, 0.1) is 15.1 Å². The van der Waals surface area contributed by atoms with Crippen molar-refractivity contribution in [2.75, 3.05) is 5.73 Å². The molecule has 1 aromatic heterocycles. The molecule has 1 aromatic carbocycles. The topological polar surface area (TPSA) is 51.8 Å². The highest BCUT2D eigenvalue weighted by Gasteiger charge is 2.11. The molecule has 0 atom stereocenters. The lowest BCUT2D eigenvalue weighted by Gasteiger charge is -2.04. The maximum Gasteiger partial charge on any atom is 0.164 e. The highest BCUT2D eigenvalue weighted by molar-refractivity contribution is 9.10. The number of hydrogen-bond acceptors (Lipinski definition) is 3. The smallest absolute Gasteiger partial charge is 0.164 e. The summed E-state index contributed by atoms with van der Waals surface area (Å²) in [5.41, 5.74) is 5.82. The zero-order valence-corrected chi connectivity index (χ0v) is 10.3. The monoisotopic (exact) mass is 301 g/mol. The highest BCUT2D eigenvalue weighted by Crippen LogP contribution is 2.26. The third kappa shape index (κ3) is 2.01. The molecular weight excluding hydrogens is 296 g/mol. The molecule has 2 N–H and O–H groups in total. The first kappa shape index (κ1) is 11.3. The molecule has 0 amide bonds. The largest absolute Gasteiger partial charge is 0.383 e. The number of nitrogens with two attached hydrogens (primary N) is 1. The molecule has 82 valence electrons. The van der Waals surface area contributed by atoms with Crippen LogP contribution in [0.5, 0.6) is 0 Å². The minimum atomic E-state index is -0.550. The second-order valence-electron chi connectivity index (χ2n) is 3.03. The van der Waals surface area contributed by atoms with Crippen LogP contribution in [-0.2, 0) is 0 Å². The van der Waals surface area contributed by atoms with Crippen LogP contribution >= 0.6 is 27.5 Å². The van der Waals surface area contributed by atoms with Crippen LogP contribution in [0.25, 0.3) is 11.4 Å². The molecule has 6 heteroatoms. The number of aromatic nitrogens is 2. The Bertz CT molecular complexity index is 548. The lowest BCUT2D eigenvalue weighted by molar-refractivity contribution is 0.630. The van der Waals surface area contributed by atoms with E-state index in [1.165, 1.54) is 12.3 Å². The van der Waals surface area contributed by atoms with Crippen LogP contribution in [0.15, 0.2) is 28.9 Å². The average molecular weight is 303 g/mol. The Kier molecular flexibility index (Phi) is 3.07. The van der Waals surface area contributed by atoms with E-state index in [9.17, 15) is 4.39 Å². The third-order valence-electron chi connectivity index (χ3n) is 1.96. The lowest BCUT2D eigenvalue weighted by Crippen LogP contribution is -1.98. The molecular formula is C10H6BrClFN3. The molecule has 0 fully saturated rings. The second-order valence-corrected chi connectivity index (χ2v) is 4.29. The molecule has 3 nitrogen and oxygen atoms in total. The van der Waals surface area contributed by atoms with Gasteiger partial charge < -0.3 is 5.73 Å². The van der Waals surface area contributed by atoms with E-state index >= 15 is 0 Å². The molecule has 0 radical (unpaired) electrons. The number of anilines is 1. The van der Waals surface area contributed by atoms with Gasteiger partial charge >= 0.3 is 0 Å². The van der Waals surface area contributed by atoms with E-state index in [1.807, 2.05) is 0 Å². The van der Waals surface area contributed by atoms with Gasteiger partial charge in [-0.15, -0.1) is 0 Å². The van der Waals surface area contributed by atoms with Crippen molar-refractivity contribution in [3.05, 3.63) is 39.7 Å². The summed E-state index contributed by atoms with van der Waals surface area (Å²) in [5, 5.41) is 0.0302. The molecule has 2 rings (SSSR count). The summed E-state index contributed by atoms with van der Waals surface area (Å²) in [6, 6.07) is 4.63. The van der Waals surface area contributed by atoms with E-state index in [2.05, 4.69) is 25.9 Å². The van der Waals surface area contributed by atoms with E-state index in [-0.39, 0.29) is 22.2 Å². The summed E-state index contributed by atoms with van der Waals surface area (Å²) >= 11 is 8.83. The van der Waals surface area contributed by atoms with Crippen molar-refractivity contribution >= 4 is 33.3 Å². The van der Waals surface area contributed by atoms with E-state index in [0.29, 0.717) is 4.47 Å². The molecule has 0 aliphatic carbocycles. The molecule has 0 saturated carbocycles. The quantitative estimate of drug-likeness (QED) is 0.879. The van der Waals surface area contributed by atoms with Crippen LogP contribution in [-0.4, -0.2) is 9.97 Å². The second kappa shape index (κ2) is 4.35. The van der Waals surface area contributed by atoms with Gasteiger partial charge in [0.15, 0.2) is 11.6 Å². The van der Waals surface area contributed by atoms with Gasteiger partial charge in [0.25, 0.3) is 0 Å². The van der Waals surface area contributed by atoms with Crippen LogP contribution in [0, 0.1) is 5.82 Å². The van der Waals surface area contributed by atoms with E-state index in [0.717, 1.165) is 0 Å². The summed E-state index contributed by atoms with van der Waals surface area (Å²) in [5.74, 6) is -0.0871. The molecule has 0 spiro atoms. The lowest BCUT2D eigenvalue weighted by atomic mass is 10.2. The Morgan fingerprint density at radius 1 is 1.38 bits per heavy atom. The summed E-state index contributed by atoms with van der Waals surface area (Å²) in [7, 11) is 0. The predicted octanol–water partition coefficient (Wildman–Crippen LogP) is 3.28. The van der Waals surface area contributed by atoms with Crippen molar-refractivity contribution in [3.63, 3.8) is 0 Å². The maximum absolute atomic E-state index is 13.7. The summed E-state index contributed by atoms with van der Waals surface area (Å²) < 4.78 is 14.2. The summed E-state index contributed by atoms with van der Waals surface area (Å²) in [6.07, 6.45) is 1.47. The molecule has 0 aliphatic heterocycles. The van der Waals surface area contributed by atoms with Gasteiger partial charge in [-0.3, -0.25) is 0 Å². The van der Waals surface area contributed by atoms with Gasteiger partial charge in [-0.25, -0.2) is 14.4 Å². The van der Waals surface area contributed by atoms with Crippen LogP contribution < -0.4 is 5.73 Å². The zero-order valence-electron chi connectivity index (χ0n) is 7.92. The van der Waals surface area contributed by atoms with E-state index in [1.54, 1.807) is 12.1 Å². The van der Waals surface area contributed by atoms with Gasteiger partial charge in [0.2, 0.25) is 0 Å². The van der Waals surface area contributed by atoms with Crippen molar-refractivity contribution in [1.82, 2.24) is 9.97 Å². The fourth-order valence-corrected chi connectivity index (χ4v) is 1.55. The number of hydrogen-bond donors (Lipinski definition) is 1. The van der Waals surface area contributed by atoms with E-state index < -0.39 is 5.82 Å². The molecule has 1 heterocycles. The minimum absolute atomic E-state index is 0.0302. The highest BCUT2D eigenvalue weighted by atomic mass is 79.9. The summed E-state index contributed by atoms with van der Waals surface area (Å²) in [4.78, 5) is 7.94. The first-order chi connectivity index (χ1) is 7.59. The SMILES string of the molecule is Nc1nc(-c2cccc(Cl)c2F)ncc1Br. The standard InChI is InChI=1S/C10H6BrClFN3/c11-6-4-15-10(16-9(6)14)5-2-1-3-7(12)8(5)13/h1-4H,(H2,14,15,16). The molecule has 2 aromatic rings. The predicted molar refractivity (Wildman–Crippen MR) is 64.5 cm³/mol. The Morgan fingerprint density at radius 3 is 2.81 bits per heavy atom. The van der Waals surface area contributed by atoms with Crippen molar-refractivity contribution in [3.8, 4) is 11.4 Å². The first-order valence-electron chi connectivity index (χ1n) is 4.32. The number of benzene rings is 1. The fourth-order valence-electron chi connectivity index (χ4n) is 1.19. The van der Waals surface area contributed by atoms with E-state index in [4.69, 9.17) is 17.3 Å². The van der Waals surface area contributed by atoms with Gasteiger partial charge in [-0.05, 0) is 28.1 Å². The molecule has 0 aliphatic rings. The van der Waals surface area contributed by atoms with Crippen molar-refractivity contribution in [2.45, 2.75) is 0 Å². The normalized spacial score (nSPS) is 10.4. The number of nitrogen functional groups attached to an aromatic ring is 1. The molecule has 0 unspecified atom stereocenters. The number of rotatable bonds is 1. The first-order valence-corrected chi connectivity index (χ1v) is 5.49. The van der Waals surface area contributed by atoms with Crippen molar-refractivity contribution < 1.29 is 4.39 Å². The fraction of sp³-hybridized carbons (Fsp3) is 0. The van der Waals surface area contributed by atoms with Crippen molar-refractivity contribution in [2.24, 2.45) is 0 Å². The van der Waals surface area contributed by atoms with Crippen LogP contribution in [0.1, 0.15) is 0 Å². The Morgan fingerprint density at radius 2 is 2.12 bits per heavy atom. The van der Waals surface area contributed by atoms with Crippen molar-refractivity contribution in [1.29, 1.82) is 0 Å². The van der Waals surface area contributed by atoms with Crippen LogP contribution in [0.4, 0.5) is 10.2 Å². The summed E-state index contributed by atoms with van der Waals surface area (Å²) in [6.45, 7) is 0. The molecule has 0 saturated heterocycles. The average Bonchev–Trinajstić information content (AvgIpc) is 2.26. The van der Waals surface area contributed by atoms with Crippen LogP contribution in [0.3, 0.4) is 0 Å². The molecule has 16 heavy (non-hydrogen) atoms. The minimum Gasteiger partial charge on any atom is -0.383 e. The van der Waals surface area contributed by atoms with Gasteiger partial charge in [-0.2, -0.15) is 0 Å². The van der Waals surface area contributed by atoms with Gasteiger partial charge in [0.1, 0.15) is 5.82 Å². The Hall–Kier alpha value is -1.20. The Balaban J connectivity index is 2.59. The maximum atomic E-state index is 13.7. The number of nitrogens with zero attached hydrogens (tertiary/aromatic N) is 2. The molecule has 0 bridgehead atoms. The number of halogens is 3. The van der Waals surface area contributed by atoms with Gasteiger partial charge in [-0.1, -0.05) is 17.7 Å². The van der Waals surface area contributed by atoms with Gasteiger partial charge in [0, 0.05) is 6.20 Å². The third-order valence-corrected chi connectivity index (χ3v) is 2.87. The zero-order chi connectivity index (χ0) is 11.7. The van der Waals surface area contributed by atoms with Crippen LogP contribution in [0.2, 0.25) is 5.02 Å². The Labute approximate surface area is 105 Å².